The van der Waals surface area contributed by atoms with Gasteiger partial charge in [0.05, 0.1) is 19.0 Å². The van der Waals surface area contributed by atoms with E-state index in [9.17, 15) is 9.59 Å². The molecule has 0 fully saturated rings. The molecule has 43 heavy (non-hydrogen) atoms. The van der Waals surface area contributed by atoms with Gasteiger partial charge in [-0.15, -0.1) is 0 Å². The maximum atomic E-state index is 11.9. The molecule has 0 saturated carbocycles. The monoisotopic (exact) mass is 582 g/mol. The fourth-order valence-electron chi connectivity index (χ4n) is 4.70. The van der Waals surface area contributed by atoms with E-state index >= 15 is 0 Å². The molecule has 0 saturated heterocycles. The van der Waals surface area contributed by atoms with Crippen LogP contribution in [0, 0.1) is 5.92 Å². The summed E-state index contributed by atoms with van der Waals surface area (Å²) in [7, 11) is 0. The number of carbonyl (C=O) groups excluding carboxylic acids is 2. The van der Waals surface area contributed by atoms with Crippen LogP contribution in [0.4, 0.5) is 0 Å². The van der Waals surface area contributed by atoms with Crippen molar-refractivity contribution in [2.24, 2.45) is 5.92 Å². The minimum atomic E-state index is -0.396. The van der Waals surface area contributed by atoms with Crippen molar-refractivity contribution in [2.75, 3.05) is 20.0 Å². The summed E-state index contributed by atoms with van der Waals surface area (Å²) in [5.74, 6) is 0.799. The van der Waals surface area contributed by atoms with Crippen molar-refractivity contribution in [3.63, 3.8) is 0 Å². The second-order valence-electron chi connectivity index (χ2n) is 10.2. The number of allylic oxidation sites excluding steroid dienone is 13. The van der Waals surface area contributed by atoms with Crippen LogP contribution in [0.2, 0.25) is 0 Å². The van der Waals surface area contributed by atoms with Crippen molar-refractivity contribution < 1.29 is 28.5 Å². The number of benzene rings is 1. The van der Waals surface area contributed by atoms with Crippen molar-refractivity contribution in [2.45, 2.75) is 47.5 Å². The number of esters is 2. The molecule has 1 unspecified atom stereocenters. The molecule has 1 aromatic rings. The van der Waals surface area contributed by atoms with Crippen molar-refractivity contribution >= 4 is 18.0 Å². The summed E-state index contributed by atoms with van der Waals surface area (Å²) >= 11 is 0. The first-order chi connectivity index (χ1) is 20.7. The Bertz CT molecular complexity index is 1440. The molecule has 0 bridgehead atoms. The summed E-state index contributed by atoms with van der Waals surface area (Å²) in [5, 5.41) is 0. The Morgan fingerprint density at radius 2 is 1.74 bits per heavy atom. The zero-order chi connectivity index (χ0) is 31.2. The number of hydrogen-bond acceptors (Lipinski definition) is 6. The van der Waals surface area contributed by atoms with Gasteiger partial charge in [-0.1, -0.05) is 56.0 Å². The smallest absolute Gasteiger partial charge is 0.330 e. The Kier molecular flexibility index (Phi) is 12.8. The van der Waals surface area contributed by atoms with E-state index in [1.165, 1.54) is 23.3 Å². The van der Waals surface area contributed by atoms with Crippen molar-refractivity contribution in [3.05, 3.63) is 136 Å². The standard InChI is InChI=1S/C37H42O6/c1-7-29(15-19-36(38)40-8-2)22-31-17-13-28(6)42-25-43-35-12-10-11-32-23-30(16-20-37(39)41-9-3)14-18-33(32)24-34(35)27(5)21-26(31)4/h7,10,12-23,27H,1,8-9,11,24-25H2,2-6H3/b12-10-,19-15+,20-16+,26-21-,28-13+,29-22+,31-17-,35-34+. The molecule has 3 rings (SSSR count). The van der Waals surface area contributed by atoms with Crippen molar-refractivity contribution in [1.29, 1.82) is 0 Å². The molecule has 1 aromatic carbocycles. The zero-order valence-corrected chi connectivity index (χ0v) is 25.9. The Morgan fingerprint density at radius 3 is 2.47 bits per heavy atom. The SMILES string of the molecule is C=CC(\C=C\C(=O)OCC)=C/C1=C/C=C(\C)OCOC2=C(\Cc3ccc(/C=C/C(=O)OCC)cc3C/C=C\2)C(C)/C=C\1C. The third kappa shape index (κ3) is 10.3. The lowest BCUT2D eigenvalue weighted by Crippen LogP contribution is -2.11. The third-order valence-corrected chi connectivity index (χ3v) is 6.99. The molecule has 0 N–H and O–H groups in total. The topological polar surface area (TPSA) is 71.1 Å². The van der Waals surface area contributed by atoms with Gasteiger partial charge >= 0.3 is 11.9 Å². The molecule has 2 aliphatic rings. The minimum absolute atomic E-state index is 0.0394. The Hall–Kier alpha value is -4.58. The number of fused-ring (bicyclic) bond motifs is 1. The summed E-state index contributed by atoms with van der Waals surface area (Å²) in [6.07, 6.45) is 21.7. The van der Waals surface area contributed by atoms with Gasteiger partial charge in [0.15, 0.2) is 0 Å². The molecule has 0 radical (unpaired) electrons. The lowest BCUT2D eigenvalue weighted by atomic mass is 9.86. The zero-order valence-electron chi connectivity index (χ0n) is 25.9. The Balaban J connectivity index is 1.99. The van der Waals surface area contributed by atoms with Gasteiger partial charge in [-0.2, -0.15) is 0 Å². The average Bonchev–Trinajstić information content (AvgIpc) is 2.97. The molecule has 0 amide bonds. The largest absolute Gasteiger partial charge is 0.463 e. The van der Waals surface area contributed by atoms with Gasteiger partial charge in [0, 0.05) is 12.2 Å². The van der Waals surface area contributed by atoms with Crippen LogP contribution in [-0.4, -0.2) is 31.9 Å². The summed E-state index contributed by atoms with van der Waals surface area (Å²) in [6, 6.07) is 6.26. The van der Waals surface area contributed by atoms with E-state index in [0.29, 0.717) is 25.4 Å². The number of ether oxygens (including phenoxy) is 4. The van der Waals surface area contributed by atoms with E-state index in [0.717, 1.165) is 40.0 Å². The van der Waals surface area contributed by atoms with Crippen LogP contribution in [0.1, 0.15) is 51.3 Å². The molecule has 0 aromatic heterocycles. The van der Waals surface area contributed by atoms with E-state index in [2.05, 4.69) is 44.7 Å². The van der Waals surface area contributed by atoms with Crippen LogP contribution >= 0.6 is 0 Å². The lowest BCUT2D eigenvalue weighted by molar-refractivity contribution is -0.138. The van der Waals surface area contributed by atoms with Crippen LogP contribution in [0.15, 0.2) is 119 Å². The molecule has 1 aliphatic carbocycles. The van der Waals surface area contributed by atoms with Crippen LogP contribution in [-0.2, 0) is 41.4 Å². The fourth-order valence-corrected chi connectivity index (χ4v) is 4.70. The fraction of sp³-hybridized carbons (Fsp3) is 0.297. The highest BCUT2D eigenvalue weighted by Gasteiger charge is 2.19. The normalized spacial score (nSPS) is 24.0. The van der Waals surface area contributed by atoms with Crippen LogP contribution in [0.3, 0.4) is 0 Å². The predicted octanol–water partition coefficient (Wildman–Crippen LogP) is 7.82. The van der Waals surface area contributed by atoms with Crippen LogP contribution in [0.25, 0.3) is 6.08 Å². The number of rotatable bonds is 8. The quantitative estimate of drug-likeness (QED) is 0.177. The van der Waals surface area contributed by atoms with Crippen LogP contribution < -0.4 is 0 Å². The van der Waals surface area contributed by atoms with Gasteiger partial charge in [-0.3, -0.25) is 0 Å². The Morgan fingerprint density at radius 1 is 1.00 bits per heavy atom. The number of carbonyl (C=O) groups is 2. The highest BCUT2D eigenvalue weighted by Crippen LogP contribution is 2.30. The predicted molar refractivity (Wildman–Crippen MR) is 172 cm³/mol. The highest BCUT2D eigenvalue weighted by atomic mass is 16.7. The third-order valence-electron chi connectivity index (χ3n) is 6.99. The van der Waals surface area contributed by atoms with E-state index < -0.39 is 5.97 Å². The van der Waals surface area contributed by atoms with Gasteiger partial charge in [-0.05, 0) is 116 Å². The molecule has 6 nitrogen and oxygen atoms in total. The highest BCUT2D eigenvalue weighted by molar-refractivity contribution is 5.87. The van der Waals surface area contributed by atoms with Crippen molar-refractivity contribution in [1.82, 2.24) is 0 Å². The van der Waals surface area contributed by atoms with E-state index in [1.54, 1.807) is 32.1 Å². The second-order valence-corrected chi connectivity index (χ2v) is 10.2. The van der Waals surface area contributed by atoms with Gasteiger partial charge in [0.25, 0.3) is 0 Å². The molecule has 226 valence electrons. The van der Waals surface area contributed by atoms with E-state index in [1.807, 2.05) is 37.3 Å². The first-order valence-electron chi connectivity index (χ1n) is 14.6. The van der Waals surface area contributed by atoms with Gasteiger partial charge < -0.3 is 18.9 Å². The van der Waals surface area contributed by atoms with Gasteiger partial charge in [-0.25, -0.2) is 9.59 Å². The average molecular weight is 583 g/mol. The molecular weight excluding hydrogens is 540 g/mol. The van der Waals surface area contributed by atoms with Crippen molar-refractivity contribution in [3.8, 4) is 0 Å². The maximum Gasteiger partial charge on any atom is 0.330 e. The minimum Gasteiger partial charge on any atom is -0.463 e. The maximum absolute atomic E-state index is 11.9. The molecule has 1 atom stereocenters. The van der Waals surface area contributed by atoms with E-state index in [-0.39, 0.29) is 18.7 Å². The molecular formula is C37H42O6. The van der Waals surface area contributed by atoms with E-state index in [4.69, 9.17) is 18.9 Å². The van der Waals surface area contributed by atoms with Gasteiger partial charge in [0.2, 0.25) is 6.79 Å². The number of hydrogen-bond donors (Lipinski definition) is 0. The second kappa shape index (κ2) is 16.8. The lowest BCUT2D eigenvalue weighted by Gasteiger charge is -2.23. The summed E-state index contributed by atoms with van der Waals surface area (Å²) < 4.78 is 22.1. The first-order valence-corrected chi connectivity index (χ1v) is 14.6. The summed E-state index contributed by atoms with van der Waals surface area (Å²) in [6.45, 7) is 14.4. The summed E-state index contributed by atoms with van der Waals surface area (Å²) in [4.78, 5) is 23.7. The Labute approximate surface area is 255 Å². The molecule has 0 spiro atoms. The van der Waals surface area contributed by atoms with Crippen LogP contribution in [0.5, 0.6) is 0 Å². The molecule has 6 heteroatoms. The molecule has 1 heterocycles. The first kappa shape index (κ1) is 32.9. The molecule has 1 aliphatic heterocycles. The summed E-state index contributed by atoms with van der Waals surface area (Å²) in [5.41, 5.74) is 7.25. The van der Waals surface area contributed by atoms with Gasteiger partial charge in [0.1, 0.15) is 5.76 Å².